The summed E-state index contributed by atoms with van der Waals surface area (Å²) < 4.78 is 0. The smallest absolute Gasteiger partial charge is 0.244 e. The maximum Gasteiger partial charge on any atom is 0.244 e. The fourth-order valence-corrected chi connectivity index (χ4v) is 2.53. The summed E-state index contributed by atoms with van der Waals surface area (Å²) in [5, 5.41) is 3.90. The first kappa shape index (κ1) is 24.9. The molecule has 0 fully saturated rings. The minimum absolute atomic E-state index is 0. The van der Waals surface area contributed by atoms with Crippen LogP contribution in [-0.2, 0) is 11.2 Å². The molecule has 3 aromatic heterocycles. The van der Waals surface area contributed by atoms with Crippen LogP contribution in [0, 0.1) is 0 Å². The monoisotopic (exact) mass is 429 g/mol. The first-order valence-corrected chi connectivity index (χ1v) is 7.76. The summed E-state index contributed by atoms with van der Waals surface area (Å²) >= 11 is 0. The van der Waals surface area contributed by atoms with Gasteiger partial charge >= 0.3 is 0 Å². The van der Waals surface area contributed by atoms with Gasteiger partial charge in [0.2, 0.25) is 5.91 Å². The molecule has 0 aliphatic carbocycles. The molecule has 27 heavy (non-hydrogen) atoms. The van der Waals surface area contributed by atoms with E-state index in [4.69, 9.17) is 5.73 Å². The van der Waals surface area contributed by atoms with Gasteiger partial charge in [0.25, 0.3) is 0 Å². The Bertz CT molecular complexity index is 854. The molecule has 0 radical (unpaired) electrons. The maximum absolute atomic E-state index is 12.1. The van der Waals surface area contributed by atoms with Gasteiger partial charge in [-0.05, 0) is 36.3 Å². The van der Waals surface area contributed by atoms with Crippen LogP contribution in [-0.4, -0.2) is 33.4 Å². The van der Waals surface area contributed by atoms with Crippen molar-refractivity contribution in [2.45, 2.75) is 12.5 Å². The van der Waals surface area contributed by atoms with Gasteiger partial charge in [0.15, 0.2) is 0 Å². The predicted octanol–water partition coefficient (Wildman–Crippen LogP) is 2.92. The average Bonchev–Trinajstić information content (AvgIpc) is 3.03. The van der Waals surface area contributed by atoms with Gasteiger partial charge in [-0.25, -0.2) is 4.98 Å². The molecule has 3 rings (SSSR count). The van der Waals surface area contributed by atoms with E-state index in [0.717, 1.165) is 22.2 Å². The van der Waals surface area contributed by atoms with Crippen LogP contribution in [0.25, 0.3) is 17.1 Å². The molecule has 0 saturated heterocycles. The number of carbonyl (C=O) groups excluding carboxylic acids is 1. The highest BCUT2D eigenvalue weighted by Crippen LogP contribution is 2.16. The second-order valence-electron chi connectivity index (χ2n) is 5.48. The maximum atomic E-state index is 12.1. The summed E-state index contributed by atoms with van der Waals surface area (Å²) in [5.41, 5.74) is 8.52. The molecule has 146 valence electrons. The Labute approximate surface area is 176 Å². The number of amides is 1. The molecule has 0 aromatic carbocycles. The minimum Gasteiger partial charge on any atom is -0.348 e. The lowest BCUT2D eigenvalue weighted by Crippen LogP contribution is -2.40. The van der Waals surface area contributed by atoms with E-state index in [2.05, 4.69) is 20.3 Å². The molecule has 9 heteroatoms. The number of rotatable bonds is 6. The number of aromatic amines is 1. The van der Waals surface area contributed by atoms with Gasteiger partial charge < -0.3 is 16.0 Å². The highest BCUT2D eigenvalue weighted by atomic mass is 35.5. The Hall–Kier alpha value is -2.12. The van der Waals surface area contributed by atoms with Crippen LogP contribution < -0.4 is 11.1 Å². The second kappa shape index (κ2) is 12.3. The SMILES string of the molecule is Cl.Cl.Cl.NC[C@H](Cc1cccnc1)NC(=O)C=Cc1c[nH]c2ncccc12. The molecule has 0 bridgehead atoms. The number of pyridine rings is 2. The van der Waals surface area contributed by atoms with E-state index >= 15 is 0 Å². The van der Waals surface area contributed by atoms with Crippen molar-refractivity contribution >= 4 is 60.2 Å². The fraction of sp³-hybridized carbons (Fsp3) is 0.167. The number of nitrogens with zero attached hydrogens (tertiary/aromatic N) is 2. The van der Waals surface area contributed by atoms with Crippen molar-refractivity contribution in [1.82, 2.24) is 20.3 Å². The molecule has 0 spiro atoms. The molecular weight excluding hydrogens is 409 g/mol. The topological polar surface area (TPSA) is 96.7 Å². The van der Waals surface area contributed by atoms with Gasteiger partial charge in [-0.15, -0.1) is 37.2 Å². The molecule has 3 aromatic rings. The van der Waals surface area contributed by atoms with E-state index in [1.54, 1.807) is 24.7 Å². The summed E-state index contributed by atoms with van der Waals surface area (Å²) in [6, 6.07) is 7.54. The summed E-state index contributed by atoms with van der Waals surface area (Å²) in [7, 11) is 0. The highest BCUT2D eigenvalue weighted by Gasteiger charge is 2.10. The third kappa shape index (κ3) is 6.84. The molecule has 0 unspecified atom stereocenters. The normalized spacial score (nSPS) is 11.1. The van der Waals surface area contributed by atoms with Crippen LogP contribution in [0.4, 0.5) is 0 Å². The average molecular weight is 431 g/mol. The fourth-order valence-electron chi connectivity index (χ4n) is 2.53. The van der Waals surface area contributed by atoms with Gasteiger partial charge in [0.1, 0.15) is 5.65 Å². The zero-order chi connectivity index (χ0) is 16.8. The van der Waals surface area contributed by atoms with Crippen LogP contribution in [0.15, 0.2) is 55.1 Å². The van der Waals surface area contributed by atoms with Crippen molar-refractivity contribution in [2.24, 2.45) is 5.73 Å². The largest absolute Gasteiger partial charge is 0.348 e. The second-order valence-corrected chi connectivity index (χ2v) is 5.48. The Morgan fingerprint density at radius 2 is 2.00 bits per heavy atom. The van der Waals surface area contributed by atoms with E-state index < -0.39 is 0 Å². The summed E-state index contributed by atoms with van der Waals surface area (Å²) in [6.07, 6.45) is 11.0. The van der Waals surface area contributed by atoms with Gasteiger partial charge in [-0.2, -0.15) is 0 Å². The number of carbonyl (C=O) groups is 1. The summed E-state index contributed by atoms with van der Waals surface area (Å²) in [6.45, 7) is 0.367. The van der Waals surface area contributed by atoms with Crippen LogP contribution in [0.5, 0.6) is 0 Å². The number of hydrogen-bond acceptors (Lipinski definition) is 4. The zero-order valence-electron chi connectivity index (χ0n) is 14.4. The molecule has 0 aliphatic rings. The predicted molar refractivity (Wildman–Crippen MR) is 116 cm³/mol. The summed E-state index contributed by atoms with van der Waals surface area (Å²) in [4.78, 5) is 23.5. The number of nitrogens with one attached hydrogen (secondary N) is 2. The standard InChI is InChI=1S/C18H19N5O.3ClH/c19-10-15(9-13-3-1-7-20-11-13)23-17(24)6-5-14-12-22-18-16(14)4-2-8-21-18;;;/h1-8,11-12,15H,9-10,19H2,(H,21,22)(H,23,24);3*1H/t15-;;;/m0.../s1. The lowest BCUT2D eigenvalue weighted by atomic mass is 10.1. The number of aromatic nitrogens is 3. The molecule has 1 atom stereocenters. The Morgan fingerprint density at radius 3 is 2.70 bits per heavy atom. The van der Waals surface area contributed by atoms with Crippen LogP contribution in [0.1, 0.15) is 11.1 Å². The molecule has 3 heterocycles. The van der Waals surface area contributed by atoms with E-state index in [0.29, 0.717) is 13.0 Å². The third-order valence-corrected chi connectivity index (χ3v) is 3.73. The minimum atomic E-state index is -0.174. The quantitative estimate of drug-likeness (QED) is 0.524. The molecule has 4 N–H and O–H groups in total. The molecular formula is C18H22Cl3N5O. The van der Waals surface area contributed by atoms with Crippen molar-refractivity contribution < 1.29 is 4.79 Å². The van der Waals surface area contributed by atoms with E-state index in [1.807, 2.05) is 30.5 Å². The van der Waals surface area contributed by atoms with Crippen molar-refractivity contribution in [1.29, 1.82) is 0 Å². The van der Waals surface area contributed by atoms with E-state index in [1.165, 1.54) is 6.08 Å². The lowest BCUT2D eigenvalue weighted by Gasteiger charge is -2.15. The van der Waals surface area contributed by atoms with Crippen LogP contribution in [0.3, 0.4) is 0 Å². The number of hydrogen-bond donors (Lipinski definition) is 3. The Kier molecular flexibility index (Phi) is 11.3. The van der Waals surface area contributed by atoms with Gasteiger partial charge in [0, 0.05) is 54.4 Å². The molecule has 1 amide bonds. The van der Waals surface area contributed by atoms with Gasteiger partial charge in [-0.3, -0.25) is 9.78 Å². The third-order valence-electron chi connectivity index (χ3n) is 3.73. The number of nitrogens with two attached hydrogens (primary N) is 1. The van der Waals surface area contributed by atoms with Crippen molar-refractivity contribution in [3.63, 3.8) is 0 Å². The van der Waals surface area contributed by atoms with Crippen LogP contribution >= 0.6 is 37.2 Å². The van der Waals surface area contributed by atoms with Gasteiger partial charge in [0.05, 0.1) is 0 Å². The van der Waals surface area contributed by atoms with Crippen molar-refractivity contribution in [2.75, 3.05) is 6.54 Å². The molecule has 0 saturated carbocycles. The zero-order valence-corrected chi connectivity index (χ0v) is 16.8. The number of fused-ring (bicyclic) bond motifs is 1. The number of H-pyrrole nitrogens is 1. The molecule has 6 nitrogen and oxygen atoms in total. The first-order valence-electron chi connectivity index (χ1n) is 7.76. The summed E-state index contributed by atoms with van der Waals surface area (Å²) in [5.74, 6) is -0.174. The van der Waals surface area contributed by atoms with Gasteiger partial charge in [-0.1, -0.05) is 6.07 Å². The van der Waals surface area contributed by atoms with E-state index in [9.17, 15) is 4.79 Å². The lowest BCUT2D eigenvalue weighted by molar-refractivity contribution is -0.117. The highest BCUT2D eigenvalue weighted by molar-refractivity contribution is 5.95. The van der Waals surface area contributed by atoms with Crippen molar-refractivity contribution in [3.8, 4) is 0 Å². The van der Waals surface area contributed by atoms with Crippen LogP contribution in [0.2, 0.25) is 0 Å². The first-order chi connectivity index (χ1) is 11.8. The van der Waals surface area contributed by atoms with Crippen molar-refractivity contribution in [3.05, 3.63) is 66.3 Å². The Morgan fingerprint density at radius 1 is 1.22 bits per heavy atom. The van der Waals surface area contributed by atoms with E-state index in [-0.39, 0.29) is 49.2 Å². The Balaban J connectivity index is 0.00000225. The molecule has 0 aliphatic heterocycles. The number of halogens is 3.